The molecule has 0 spiro atoms. The molecule has 1 N–H and O–H groups in total. The third kappa shape index (κ3) is 6.90. The van der Waals surface area contributed by atoms with E-state index in [1.165, 1.54) is 11.0 Å². The Labute approximate surface area is 288 Å². The van der Waals surface area contributed by atoms with Crippen molar-refractivity contribution in [3.05, 3.63) is 76.6 Å². The number of nitriles is 2. The lowest BCUT2D eigenvalue weighted by atomic mass is 9.96. The monoisotopic (exact) mass is 682 g/mol. The van der Waals surface area contributed by atoms with Gasteiger partial charge in [0.1, 0.15) is 18.0 Å². The number of piperazine rings is 1. The van der Waals surface area contributed by atoms with Crippen molar-refractivity contribution < 1.29 is 18.0 Å². The Hall–Kier alpha value is -5.31. The van der Waals surface area contributed by atoms with E-state index in [1.807, 2.05) is 7.05 Å². The molecule has 2 aromatic carbocycles. The van der Waals surface area contributed by atoms with Crippen molar-refractivity contribution in [3.8, 4) is 34.7 Å². The number of rotatable bonds is 9. The third-order valence-electron chi connectivity index (χ3n) is 9.34. The second-order valence-corrected chi connectivity index (χ2v) is 13.2. The second kappa shape index (κ2) is 13.9. The Morgan fingerprint density at radius 3 is 2.52 bits per heavy atom. The molecule has 258 valence electrons. The van der Waals surface area contributed by atoms with Gasteiger partial charge in [0.2, 0.25) is 0 Å². The maximum absolute atomic E-state index is 14.7. The average Bonchev–Trinajstić information content (AvgIpc) is 3.66. The van der Waals surface area contributed by atoms with Crippen LogP contribution in [0, 0.1) is 28.6 Å². The first-order valence-electron chi connectivity index (χ1n) is 16.4. The van der Waals surface area contributed by atoms with Crippen molar-refractivity contribution in [1.29, 1.82) is 10.5 Å². The van der Waals surface area contributed by atoms with Crippen molar-refractivity contribution in [2.45, 2.75) is 45.6 Å². The largest absolute Gasteiger partial charge is 0.416 e. The van der Waals surface area contributed by atoms with Crippen LogP contribution in [-0.4, -0.2) is 74.7 Å². The molecule has 0 bridgehead atoms. The zero-order valence-electron chi connectivity index (χ0n) is 28.3. The summed E-state index contributed by atoms with van der Waals surface area (Å²) in [5, 5.41) is 30.2. The van der Waals surface area contributed by atoms with Gasteiger partial charge in [-0.3, -0.25) is 14.6 Å². The number of nitrogens with one attached hydrogen (secondary N) is 1. The highest BCUT2D eigenvalue weighted by atomic mass is 19.4. The number of amides is 1. The second-order valence-electron chi connectivity index (χ2n) is 13.2. The van der Waals surface area contributed by atoms with Crippen molar-refractivity contribution in [1.82, 2.24) is 29.5 Å². The molecule has 4 aromatic rings. The summed E-state index contributed by atoms with van der Waals surface area (Å²) in [5.74, 6) is 0.674. The van der Waals surface area contributed by atoms with E-state index in [1.54, 1.807) is 54.3 Å². The molecule has 1 amide bonds. The quantitative estimate of drug-likeness (QED) is 0.221. The lowest BCUT2D eigenvalue weighted by Crippen LogP contribution is -2.53. The van der Waals surface area contributed by atoms with Crippen LogP contribution in [0.2, 0.25) is 0 Å². The van der Waals surface area contributed by atoms with E-state index in [4.69, 9.17) is 5.26 Å². The average molecular weight is 683 g/mol. The minimum atomic E-state index is -4.68. The fourth-order valence-corrected chi connectivity index (χ4v) is 6.77. The predicted octanol–water partition coefficient (Wildman–Crippen LogP) is 5.69. The predicted molar refractivity (Wildman–Crippen MR) is 182 cm³/mol. The number of hydrogen-bond acceptors (Lipinski definition) is 9. The van der Waals surface area contributed by atoms with Crippen molar-refractivity contribution in [2.24, 2.45) is 13.0 Å². The number of likely N-dealkylation sites (N-methyl/N-ethyl adjacent to an activating group) is 1. The van der Waals surface area contributed by atoms with Gasteiger partial charge in [-0.1, -0.05) is 13.8 Å². The first kappa shape index (κ1) is 34.5. The number of nitrogens with zero attached hydrogens (tertiary/aromatic N) is 9. The molecule has 0 unspecified atom stereocenters. The van der Waals surface area contributed by atoms with Crippen molar-refractivity contribution in [2.75, 3.05) is 43.4 Å². The molecular weight excluding hydrogens is 645 g/mol. The van der Waals surface area contributed by atoms with Crippen LogP contribution in [0.4, 0.5) is 24.8 Å². The fraction of sp³-hybridized carbons (Fsp3) is 0.389. The Kier molecular flexibility index (Phi) is 9.60. The number of anilines is 2. The van der Waals surface area contributed by atoms with Crippen LogP contribution in [-0.2, 0) is 26.3 Å². The number of fused-ring (bicyclic) bond motifs is 1. The van der Waals surface area contributed by atoms with Crippen LogP contribution < -0.4 is 10.2 Å². The molecule has 1 atom stereocenters. The number of carbonyl (C=O) groups is 1. The number of alkyl halides is 3. The Morgan fingerprint density at radius 2 is 1.84 bits per heavy atom. The molecule has 0 radical (unpaired) electrons. The van der Waals surface area contributed by atoms with Crippen molar-refractivity contribution in [3.63, 3.8) is 0 Å². The summed E-state index contributed by atoms with van der Waals surface area (Å²) in [6, 6.07) is 15.6. The summed E-state index contributed by atoms with van der Waals surface area (Å²) in [5.41, 5.74) is 1.66. The maximum atomic E-state index is 14.7. The lowest BCUT2D eigenvalue weighted by Gasteiger charge is -2.42. The molecule has 6 rings (SSSR count). The minimum Gasteiger partial charge on any atom is -0.369 e. The summed E-state index contributed by atoms with van der Waals surface area (Å²) >= 11 is 0. The van der Waals surface area contributed by atoms with E-state index in [0.717, 1.165) is 13.1 Å². The molecule has 0 saturated carbocycles. The highest BCUT2D eigenvalue weighted by Gasteiger charge is 2.41. The van der Waals surface area contributed by atoms with E-state index in [2.05, 4.69) is 56.3 Å². The third-order valence-corrected chi connectivity index (χ3v) is 9.34. The summed E-state index contributed by atoms with van der Waals surface area (Å²) < 4.78 is 45.8. The van der Waals surface area contributed by atoms with Crippen LogP contribution >= 0.6 is 0 Å². The minimum absolute atomic E-state index is 0.00231. The molecule has 50 heavy (non-hydrogen) atoms. The number of aromatic nitrogens is 4. The Bertz CT molecular complexity index is 2010. The van der Waals surface area contributed by atoms with Gasteiger partial charge < -0.3 is 14.8 Å². The van der Waals surface area contributed by atoms with Gasteiger partial charge >= 0.3 is 6.18 Å². The van der Waals surface area contributed by atoms with Crippen LogP contribution in [0.3, 0.4) is 0 Å². The van der Waals surface area contributed by atoms with E-state index >= 15 is 0 Å². The fourth-order valence-electron chi connectivity index (χ4n) is 6.77. The van der Waals surface area contributed by atoms with Crippen LogP contribution in [0.25, 0.3) is 22.5 Å². The molecule has 0 aliphatic carbocycles. The number of aryl methyl sites for hydroxylation is 1. The zero-order chi connectivity index (χ0) is 35.7. The van der Waals surface area contributed by atoms with E-state index in [9.17, 15) is 23.2 Å². The van der Waals surface area contributed by atoms with E-state index in [-0.39, 0.29) is 42.5 Å². The molecule has 11 nitrogen and oxygen atoms in total. The molecular formula is C36H37F3N10O. The summed E-state index contributed by atoms with van der Waals surface area (Å²) in [6.45, 7) is 6.76. The van der Waals surface area contributed by atoms with Gasteiger partial charge in [-0.2, -0.15) is 23.7 Å². The molecule has 14 heteroatoms. The van der Waals surface area contributed by atoms with Crippen LogP contribution in [0.5, 0.6) is 0 Å². The number of halogens is 3. The van der Waals surface area contributed by atoms with Crippen LogP contribution in [0.1, 0.15) is 52.9 Å². The summed E-state index contributed by atoms with van der Waals surface area (Å²) in [4.78, 5) is 24.4. The highest BCUT2D eigenvalue weighted by Crippen LogP contribution is 2.41. The molecule has 4 heterocycles. The molecule has 2 aliphatic rings. The van der Waals surface area contributed by atoms with Gasteiger partial charge in [0.15, 0.2) is 5.82 Å². The van der Waals surface area contributed by atoms with Crippen molar-refractivity contribution >= 4 is 17.5 Å². The molecule has 1 fully saturated rings. The first-order chi connectivity index (χ1) is 23.9. The van der Waals surface area contributed by atoms with Gasteiger partial charge in [0.25, 0.3) is 5.91 Å². The normalized spacial score (nSPS) is 16.8. The lowest BCUT2D eigenvalue weighted by molar-refractivity contribution is -0.138. The van der Waals surface area contributed by atoms with Gasteiger partial charge in [-0.15, -0.1) is 10.2 Å². The number of hydrogen-bond donors (Lipinski definition) is 1. The topological polar surface area (TPSA) is 130 Å². The Morgan fingerprint density at radius 1 is 1.04 bits per heavy atom. The standard InChI is InChI=1S/C36H37F3N10O/c1-22(2)31-20-46(3)10-11-48(31)18-24-13-28-29(30(14-24)36(37,38)39)19-49(35(28)50)33-16-25(15-32(44-33)42-9-5-8-40)27-12-23(17-41)6-7-26(27)34-45-43-21-47(34)4/h6-7,12-16,21-22,31H,5,9-11,18-20H2,1-4H3,(H,42,44)/t31-/m1/s1. The molecule has 2 aliphatic heterocycles. The maximum Gasteiger partial charge on any atom is 0.416 e. The smallest absolute Gasteiger partial charge is 0.369 e. The van der Waals surface area contributed by atoms with Gasteiger partial charge in [0, 0.05) is 56.9 Å². The molecule has 2 aromatic heterocycles. The highest BCUT2D eigenvalue weighted by molar-refractivity contribution is 6.10. The SMILES string of the molecule is CC(C)[C@H]1CN(C)CCN1Cc1cc2c(c(C(F)(F)F)c1)CN(c1cc(-c3cc(C#N)ccc3-c3nncn3C)cc(NCCC#N)n1)C2=O. The first-order valence-corrected chi connectivity index (χ1v) is 16.4. The van der Waals surface area contributed by atoms with Crippen LogP contribution in [0.15, 0.2) is 48.8 Å². The molecule has 1 saturated heterocycles. The number of pyridine rings is 1. The van der Waals surface area contributed by atoms with Gasteiger partial charge in [-0.05, 0) is 77.7 Å². The van der Waals surface area contributed by atoms with Gasteiger partial charge in [0.05, 0.1) is 36.2 Å². The zero-order valence-corrected chi connectivity index (χ0v) is 28.3. The summed E-state index contributed by atoms with van der Waals surface area (Å²) in [6.07, 6.45) is -2.96. The van der Waals surface area contributed by atoms with Gasteiger partial charge in [-0.25, -0.2) is 4.98 Å². The Balaban J connectivity index is 1.43. The number of carbonyl (C=O) groups excluding carboxylic acids is 1. The van der Waals surface area contributed by atoms with E-state index < -0.39 is 17.6 Å². The summed E-state index contributed by atoms with van der Waals surface area (Å²) in [7, 11) is 3.82. The van der Waals surface area contributed by atoms with E-state index in [0.29, 0.717) is 58.5 Å². The number of benzene rings is 2.